The van der Waals surface area contributed by atoms with E-state index in [0.29, 0.717) is 23.7 Å². The molecule has 21 heavy (non-hydrogen) atoms. The zero-order chi connectivity index (χ0) is 16.0. The van der Waals surface area contributed by atoms with Gasteiger partial charge in [0.2, 0.25) is 15.8 Å². The molecule has 7 heteroatoms. The molecule has 0 aliphatic rings. The molecule has 1 aromatic rings. The van der Waals surface area contributed by atoms with Crippen molar-refractivity contribution in [2.24, 2.45) is 11.1 Å². The van der Waals surface area contributed by atoms with E-state index in [1.165, 1.54) is 0 Å². The Morgan fingerprint density at radius 1 is 1.19 bits per heavy atom. The van der Waals surface area contributed by atoms with Crippen molar-refractivity contribution in [2.75, 3.05) is 26.6 Å². The molecule has 1 aromatic carbocycles. The van der Waals surface area contributed by atoms with E-state index in [2.05, 4.69) is 0 Å². The van der Waals surface area contributed by atoms with Crippen LogP contribution < -0.4 is 19.3 Å². The second kappa shape index (κ2) is 7.51. The molecule has 0 saturated carbocycles. The van der Waals surface area contributed by atoms with Crippen LogP contribution in [-0.2, 0) is 10.0 Å². The molecule has 2 N–H and O–H groups in total. The fourth-order valence-electron chi connectivity index (χ4n) is 1.97. The number of methoxy groups -OCH3 is 2. The van der Waals surface area contributed by atoms with Crippen molar-refractivity contribution in [3.05, 3.63) is 17.7 Å². The van der Waals surface area contributed by atoms with Crippen molar-refractivity contribution in [1.82, 2.24) is 0 Å². The smallest absolute Gasteiger partial charge is 0.209 e. The zero-order valence-corrected chi connectivity index (χ0v) is 13.7. The summed E-state index contributed by atoms with van der Waals surface area (Å²) in [5.41, 5.74) is 0.979. The molecule has 0 amide bonds. The number of benzene rings is 1. The Hall–Kier alpha value is -1.47. The molecular formula is C14H23NO5S. The largest absolute Gasteiger partial charge is 0.493 e. The summed E-state index contributed by atoms with van der Waals surface area (Å²) in [6.45, 7) is 4.04. The van der Waals surface area contributed by atoms with Gasteiger partial charge >= 0.3 is 0 Å². The number of primary sulfonamides is 1. The Kier molecular flexibility index (Phi) is 6.29. The van der Waals surface area contributed by atoms with Crippen LogP contribution >= 0.6 is 0 Å². The lowest BCUT2D eigenvalue weighted by atomic mass is 10.1. The van der Waals surface area contributed by atoms with Crippen molar-refractivity contribution >= 4 is 10.0 Å². The monoisotopic (exact) mass is 317 g/mol. The SMILES string of the molecule is CCC(COc1c(OC)cc(C)cc1OC)CS(N)(=O)=O. The van der Waals surface area contributed by atoms with Gasteiger partial charge in [-0.1, -0.05) is 6.92 Å². The van der Waals surface area contributed by atoms with Gasteiger partial charge in [-0.2, -0.15) is 0 Å². The van der Waals surface area contributed by atoms with Crippen molar-refractivity contribution in [1.29, 1.82) is 0 Å². The van der Waals surface area contributed by atoms with Crippen molar-refractivity contribution in [3.8, 4) is 17.2 Å². The molecule has 1 unspecified atom stereocenters. The molecule has 0 saturated heterocycles. The minimum Gasteiger partial charge on any atom is -0.493 e. The first-order chi connectivity index (χ1) is 9.80. The van der Waals surface area contributed by atoms with Crippen LogP contribution in [-0.4, -0.2) is 35.0 Å². The number of rotatable bonds is 8. The summed E-state index contributed by atoms with van der Waals surface area (Å²) in [7, 11) is -0.432. The van der Waals surface area contributed by atoms with E-state index >= 15 is 0 Å². The molecule has 0 bridgehead atoms. The molecule has 120 valence electrons. The number of sulfonamides is 1. The lowest BCUT2D eigenvalue weighted by Crippen LogP contribution is -2.26. The molecule has 0 radical (unpaired) electrons. The summed E-state index contributed by atoms with van der Waals surface area (Å²) in [6.07, 6.45) is 0.646. The molecule has 0 aliphatic heterocycles. The molecule has 0 aliphatic carbocycles. The van der Waals surface area contributed by atoms with Gasteiger partial charge in [0.1, 0.15) is 0 Å². The van der Waals surface area contributed by atoms with Crippen molar-refractivity contribution < 1.29 is 22.6 Å². The van der Waals surface area contributed by atoms with Gasteiger partial charge in [0.25, 0.3) is 0 Å². The predicted molar refractivity (Wildman–Crippen MR) is 81.5 cm³/mol. The number of ether oxygens (including phenoxy) is 3. The Bertz CT molecular complexity index is 546. The van der Waals surface area contributed by atoms with Gasteiger partial charge in [-0.3, -0.25) is 0 Å². The Labute approximate surface area is 126 Å². The Morgan fingerprint density at radius 2 is 1.71 bits per heavy atom. The summed E-state index contributed by atoms with van der Waals surface area (Å²) < 4.78 is 38.7. The number of aryl methyl sites for hydroxylation is 1. The van der Waals surface area contributed by atoms with Gasteiger partial charge in [-0.25, -0.2) is 13.6 Å². The minimum atomic E-state index is -3.52. The Morgan fingerprint density at radius 3 is 2.10 bits per heavy atom. The third kappa shape index (κ3) is 5.43. The van der Waals surface area contributed by atoms with E-state index in [1.54, 1.807) is 14.2 Å². The summed E-state index contributed by atoms with van der Waals surface area (Å²) in [6, 6.07) is 3.66. The van der Waals surface area contributed by atoms with Crippen molar-refractivity contribution in [3.63, 3.8) is 0 Å². The molecule has 0 spiro atoms. The fourth-order valence-corrected chi connectivity index (χ4v) is 2.96. The molecule has 1 atom stereocenters. The minimum absolute atomic E-state index is 0.111. The summed E-state index contributed by atoms with van der Waals surface area (Å²) in [4.78, 5) is 0. The lowest BCUT2D eigenvalue weighted by molar-refractivity contribution is 0.233. The van der Waals surface area contributed by atoms with Gasteiger partial charge < -0.3 is 14.2 Å². The lowest BCUT2D eigenvalue weighted by Gasteiger charge is -2.18. The zero-order valence-electron chi connectivity index (χ0n) is 12.9. The average molecular weight is 317 g/mol. The second-order valence-corrected chi connectivity index (χ2v) is 6.57. The van der Waals surface area contributed by atoms with E-state index in [9.17, 15) is 8.42 Å². The van der Waals surface area contributed by atoms with Gasteiger partial charge in [0.15, 0.2) is 11.5 Å². The van der Waals surface area contributed by atoms with Crippen LogP contribution in [0.4, 0.5) is 0 Å². The molecular weight excluding hydrogens is 294 g/mol. The second-order valence-electron chi connectivity index (χ2n) is 4.91. The van der Waals surface area contributed by atoms with E-state index in [1.807, 2.05) is 26.0 Å². The highest BCUT2D eigenvalue weighted by Gasteiger charge is 2.18. The molecule has 0 heterocycles. The average Bonchev–Trinajstić information content (AvgIpc) is 2.41. The van der Waals surface area contributed by atoms with E-state index in [-0.39, 0.29) is 18.3 Å². The summed E-state index contributed by atoms with van der Waals surface area (Å²) in [5, 5.41) is 5.08. The highest BCUT2D eigenvalue weighted by molar-refractivity contribution is 7.89. The van der Waals surface area contributed by atoms with Crippen LogP contribution in [0.5, 0.6) is 17.2 Å². The maximum atomic E-state index is 11.2. The van der Waals surface area contributed by atoms with Crippen LogP contribution in [0.3, 0.4) is 0 Å². The first-order valence-electron chi connectivity index (χ1n) is 6.66. The van der Waals surface area contributed by atoms with Crippen LogP contribution in [0.15, 0.2) is 12.1 Å². The first kappa shape index (κ1) is 17.6. The van der Waals surface area contributed by atoms with Crippen LogP contribution in [0, 0.1) is 12.8 Å². The normalized spacial score (nSPS) is 12.8. The molecule has 1 rings (SSSR count). The maximum Gasteiger partial charge on any atom is 0.209 e. The predicted octanol–water partition coefficient (Wildman–Crippen LogP) is 1.71. The molecule has 0 aromatic heterocycles. The molecule has 6 nitrogen and oxygen atoms in total. The van der Waals surface area contributed by atoms with Crippen LogP contribution in [0.25, 0.3) is 0 Å². The number of hydrogen-bond donors (Lipinski definition) is 1. The Balaban J connectivity index is 2.91. The van der Waals surface area contributed by atoms with Gasteiger partial charge in [0, 0.05) is 5.92 Å². The van der Waals surface area contributed by atoms with Gasteiger partial charge in [-0.15, -0.1) is 0 Å². The van der Waals surface area contributed by atoms with E-state index < -0.39 is 10.0 Å². The summed E-state index contributed by atoms with van der Waals surface area (Å²) >= 11 is 0. The quantitative estimate of drug-likeness (QED) is 0.788. The third-order valence-corrected chi connectivity index (χ3v) is 4.05. The topological polar surface area (TPSA) is 87.8 Å². The third-order valence-electron chi connectivity index (χ3n) is 3.11. The van der Waals surface area contributed by atoms with Crippen LogP contribution in [0.2, 0.25) is 0 Å². The number of hydrogen-bond acceptors (Lipinski definition) is 5. The highest BCUT2D eigenvalue weighted by atomic mass is 32.2. The van der Waals surface area contributed by atoms with Crippen LogP contribution in [0.1, 0.15) is 18.9 Å². The summed E-state index contributed by atoms with van der Waals surface area (Å²) in [5.74, 6) is 1.28. The van der Waals surface area contributed by atoms with Gasteiger partial charge in [0.05, 0.1) is 26.6 Å². The van der Waals surface area contributed by atoms with E-state index in [0.717, 1.165) is 5.56 Å². The van der Waals surface area contributed by atoms with Gasteiger partial charge in [-0.05, 0) is 31.0 Å². The molecule has 0 fully saturated rings. The van der Waals surface area contributed by atoms with E-state index in [4.69, 9.17) is 19.3 Å². The standard InChI is InChI=1S/C14H23NO5S/c1-5-11(9-21(15,16)17)8-20-14-12(18-3)6-10(2)7-13(14)19-4/h6-7,11H,5,8-9H2,1-4H3,(H2,15,16,17). The fraction of sp³-hybridized carbons (Fsp3) is 0.571. The number of nitrogens with two attached hydrogens (primary N) is 1. The highest BCUT2D eigenvalue weighted by Crippen LogP contribution is 2.38. The maximum absolute atomic E-state index is 11.2. The first-order valence-corrected chi connectivity index (χ1v) is 8.38. The van der Waals surface area contributed by atoms with Crippen molar-refractivity contribution in [2.45, 2.75) is 20.3 Å².